The van der Waals surface area contributed by atoms with Gasteiger partial charge in [-0.15, -0.1) is 11.8 Å². The van der Waals surface area contributed by atoms with Gasteiger partial charge in [-0.25, -0.2) is 0 Å². The molecule has 1 aliphatic carbocycles. The maximum Gasteiger partial charge on any atom is 0.223 e. The second-order valence-corrected chi connectivity index (χ2v) is 7.02. The fraction of sp³-hybridized carbons (Fsp3) is 0.412. The summed E-state index contributed by atoms with van der Waals surface area (Å²) in [4.78, 5) is 17.6. The Hall–Kier alpha value is -2.33. The third kappa shape index (κ3) is 3.60. The molecule has 0 radical (unpaired) electrons. The zero-order valence-corrected chi connectivity index (χ0v) is 14.2. The molecule has 2 aromatic rings. The Morgan fingerprint density at radius 3 is 2.71 bits per heavy atom. The Morgan fingerprint density at radius 1 is 1.42 bits per heavy atom. The first-order chi connectivity index (χ1) is 11.6. The number of amides is 1. The third-order valence-corrected chi connectivity index (χ3v) is 5.14. The molecule has 1 fully saturated rings. The molecule has 1 N–H and O–H groups in total. The van der Waals surface area contributed by atoms with Gasteiger partial charge in [0, 0.05) is 24.0 Å². The van der Waals surface area contributed by atoms with Crippen molar-refractivity contribution in [1.29, 1.82) is 5.26 Å². The molecule has 0 saturated heterocycles. The minimum Gasteiger partial charge on any atom is -0.343 e. The van der Waals surface area contributed by atoms with Crippen molar-refractivity contribution < 1.29 is 9.32 Å². The number of hydrogen-bond donors (Lipinski definition) is 1. The summed E-state index contributed by atoms with van der Waals surface area (Å²) in [6.07, 6.45) is 3.16. The lowest BCUT2D eigenvalue weighted by molar-refractivity contribution is -0.124. The van der Waals surface area contributed by atoms with Crippen molar-refractivity contribution in [3.63, 3.8) is 0 Å². The number of thioether (sulfide) groups is 1. The summed E-state index contributed by atoms with van der Waals surface area (Å²) < 4.78 is 5.05. The van der Waals surface area contributed by atoms with Gasteiger partial charge in [-0.3, -0.25) is 4.79 Å². The molecule has 124 valence electrons. The summed E-state index contributed by atoms with van der Waals surface area (Å²) in [5, 5.41) is 15.8. The lowest BCUT2D eigenvalue weighted by atomic mass is 9.76. The van der Waals surface area contributed by atoms with Crippen LogP contribution in [-0.2, 0) is 10.3 Å². The number of aryl methyl sites for hydroxylation is 1. The highest BCUT2D eigenvalue weighted by molar-refractivity contribution is 7.99. The smallest absolute Gasteiger partial charge is 0.223 e. The lowest BCUT2D eigenvalue weighted by Crippen LogP contribution is -2.51. The van der Waals surface area contributed by atoms with Gasteiger partial charge in [-0.05, 0) is 43.5 Å². The summed E-state index contributed by atoms with van der Waals surface area (Å²) in [6.45, 7) is 1.75. The van der Waals surface area contributed by atoms with Crippen LogP contribution in [0, 0.1) is 18.3 Å². The van der Waals surface area contributed by atoms with Crippen LogP contribution in [0.4, 0.5) is 0 Å². The van der Waals surface area contributed by atoms with Crippen molar-refractivity contribution in [2.75, 3.05) is 5.75 Å². The van der Waals surface area contributed by atoms with Crippen molar-refractivity contribution in [2.24, 2.45) is 0 Å². The average molecular weight is 342 g/mol. The van der Waals surface area contributed by atoms with E-state index >= 15 is 0 Å². The van der Waals surface area contributed by atoms with Gasteiger partial charge in [0.1, 0.15) is 5.54 Å². The fourth-order valence-electron chi connectivity index (χ4n) is 2.65. The number of nitriles is 1. The van der Waals surface area contributed by atoms with Crippen LogP contribution in [0.3, 0.4) is 0 Å². The van der Waals surface area contributed by atoms with E-state index in [1.165, 1.54) is 0 Å². The van der Waals surface area contributed by atoms with Crippen molar-refractivity contribution >= 4 is 17.7 Å². The minimum atomic E-state index is -0.450. The predicted molar refractivity (Wildman–Crippen MR) is 89.2 cm³/mol. The molecule has 0 aliphatic heterocycles. The number of carbonyl (C=O) groups excluding carboxylic acids is 1. The molecule has 0 bridgehead atoms. The first-order valence-corrected chi connectivity index (χ1v) is 8.85. The first kappa shape index (κ1) is 16.5. The molecular formula is C17H18N4O2S. The Kier molecular flexibility index (Phi) is 4.86. The van der Waals surface area contributed by atoms with Crippen LogP contribution in [0.5, 0.6) is 0 Å². The zero-order chi connectivity index (χ0) is 17.0. The second kappa shape index (κ2) is 7.05. The van der Waals surface area contributed by atoms with Crippen LogP contribution in [0.2, 0.25) is 0 Å². The lowest BCUT2D eigenvalue weighted by Gasteiger charge is -2.39. The highest BCUT2D eigenvalue weighted by Crippen LogP contribution is 2.39. The third-order valence-electron chi connectivity index (χ3n) is 4.12. The molecule has 0 unspecified atom stereocenters. The number of hydrogen-bond acceptors (Lipinski definition) is 6. The van der Waals surface area contributed by atoms with E-state index in [9.17, 15) is 4.79 Å². The van der Waals surface area contributed by atoms with Gasteiger partial charge in [-0.1, -0.05) is 5.16 Å². The second-order valence-electron chi connectivity index (χ2n) is 5.86. The fourth-order valence-corrected chi connectivity index (χ4v) is 3.50. The Balaban J connectivity index is 1.51. The summed E-state index contributed by atoms with van der Waals surface area (Å²) in [7, 11) is 0. The van der Waals surface area contributed by atoms with Gasteiger partial charge < -0.3 is 9.84 Å². The van der Waals surface area contributed by atoms with E-state index < -0.39 is 5.54 Å². The normalized spacial score (nSPS) is 15.3. The molecule has 0 spiro atoms. The maximum atomic E-state index is 12.3. The van der Waals surface area contributed by atoms with Crippen molar-refractivity contribution in [3.8, 4) is 6.07 Å². The molecular weight excluding hydrogens is 324 g/mol. The van der Waals surface area contributed by atoms with Crippen molar-refractivity contribution in [3.05, 3.63) is 41.5 Å². The number of nitrogens with zero attached hydrogens (tertiary/aromatic N) is 3. The standard InChI is InChI=1S/C17H18N4O2S/c1-12-19-16(21-23-12)17(8-2-9-17)20-15(22)7-10-24-14-5-3-13(11-18)4-6-14/h3-6H,2,7-10H2,1H3,(H,20,22). The molecule has 1 aromatic carbocycles. The van der Waals surface area contributed by atoms with Gasteiger partial charge >= 0.3 is 0 Å². The van der Waals surface area contributed by atoms with E-state index in [4.69, 9.17) is 9.78 Å². The van der Waals surface area contributed by atoms with Crippen LogP contribution < -0.4 is 5.32 Å². The van der Waals surface area contributed by atoms with E-state index in [1.807, 2.05) is 12.1 Å². The molecule has 1 aliphatic rings. The van der Waals surface area contributed by atoms with E-state index in [1.54, 1.807) is 30.8 Å². The minimum absolute atomic E-state index is 0.00158. The molecule has 1 amide bonds. The Labute approximate surface area is 144 Å². The van der Waals surface area contributed by atoms with Crippen LogP contribution >= 0.6 is 11.8 Å². The summed E-state index contributed by atoms with van der Waals surface area (Å²) in [5.41, 5.74) is 0.188. The summed E-state index contributed by atoms with van der Waals surface area (Å²) >= 11 is 1.60. The van der Waals surface area contributed by atoms with Gasteiger partial charge in [0.15, 0.2) is 5.82 Å². The highest BCUT2D eigenvalue weighted by atomic mass is 32.2. The number of carbonyl (C=O) groups is 1. The van der Waals surface area contributed by atoms with Gasteiger partial charge in [-0.2, -0.15) is 10.2 Å². The maximum absolute atomic E-state index is 12.3. The van der Waals surface area contributed by atoms with E-state index in [0.717, 1.165) is 24.2 Å². The van der Waals surface area contributed by atoms with Crippen LogP contribution in [0.15, 0.2) is 33.7 Å². The average Bonchev–Trinajstić information content (AvgIpc) is 2.98. The van der Waals surface area contributed by atoms with Gasteiger partial charge in [0.05, 0.1) is 11.6 Å². The van der Waals surface area contributed by atoms with Crippen molar-refractivity contribution in [2.45, 2.75) is 43.0 Å². The van der Waals surface area contributed by atoms with Gasteiger partial charge in [0.25, 0.3) is 0 Å². The summed E-state index contributed by atoms with van der Waals surface area (Å²) in [6, 6.07) is 9.45. The largest absolute Gasteiger partial charge is 0.343 e. The SMILES string of the molecule is Cc1nc(C2(NC(=O)CCSc3ccc(C#N)cc3)CCC2)no1. The van der Waals surface area contributed by atoms with E-state index in [2.05, 4.69) is 21.5 Å². The number of benzene rings is 1. The number of rotatable bonds is 6. The van der Waals surface area contributed by atoms with Crippen LogP contribution in [0.25, 0.3) is 0 Å². The Bertz CT molecular complexity index is 760. The molecule has 24 heavy (non-hydrogen) atoms. The zero-order valence-electron chi connectivity index (χ0n) is 13.4. The quantitative estimate of drug-likeness (QED) is 0.812. The molecule has 7 heteroatoms. The van der Waals surface area contributed by atoms with Gasteiger partial charge in [0.2, 0.25) is 11.8 Å². The molecule has 6 nitrogen and oxygen atoms in total. The van der Waals surface area contributed by atoms with E-state index in [0.29, 0.717) is 29.5 Å². The van der Waals surface area contributed by atoms with Crippen LogP contribution in [-0.4, -0.2) is 21.8 Å². The van der Waals surface area contributed by atoms with Crippen molar-refractivity contribution in [1.82, 2.24) is 15.5 Å². The summed E-state index contributed by atoms with van der Waals surface area (Å²) in [5.74, 6) is 1.78. The van der Waals surface area contributed by atoms with Crippen LogP contribution in [0.1, 0.15) is 43.0 Å². The molecule has 1 saturated carbocycles. The highest BCUT2D eigenvalue weighted by Gasteiger charge is 2.43. The molecule has 1 heterocycles. The molecule has 3 rings (SSSR count). The number of nitrogens with one attached hydrogen (secondary N) is 1. The Morgan fingerprint density at radius 2 is 2.17 bits per heavy atom. The first-order valence-electron chi connectivity index (χ1n) is 7.86. The predicted octanol–water partition coefficient (Wildman–Crippen LogP) is 2.93. The molecule has 0 atom stereocenters. The molecule has 1 aromatic heterocycles. The monoisotopic (exact) mass is 342 g/mol. The van der Waals surface area contributed by atoms with E-state index in [-0.39, 0.29) is 5.91 Å². The number of aromatic nitrogens is 2. The topological polar surface area (TPSA) is 91.8 Å².